The van der Waals surface area contributed by atoms with Crippen molar-refractivity contribution in [1.29, 1.82) is 0 Å². The fraction of sp³-hybridized carbons (Fsp3) is 0.438. The van der Waals surface area contributed by atoms with Crippen molar-refractivity contribution in [2.24, 2.45) is 0 Å². The van der Waals surface area contributed by atoms with E-state index < -0.39 is 0 Å². The van der Waals surface area contributed by atoms with Gasteiger partial charge in [-0.15, -0.1) is 0 Å². The van der Waals surface area contributed by atoms with Crippen LogP contribution in [-0.2, 0) is 13.0 Å². The van der Waals surface area contributed by atoms with E-state index in [9.17, 15) is 0 Å². The lowest BCUT2D eigenvalue weighted by molar-refractivity contribution is 0.194. The van der Waals surface area contributed by atoms with Gasteiger partial charge in [0.05, 0.1) is 10.7 Å². The normalized spacial score (nSPS) is 22.4. The van der Waals surface area contributed by atoms with Gasteiger partial charge in [0.2, 0.25) is 0 Å². The highest BCUT2D eigenvalue weighted by molar-refractivity contribution is 7.99. The molecule has 1 N–H and O–H groups in total. The van der Waals surface area contributed by atoms with Gasteiger partial charge in [0, 0.05) is 48.1 Å². The second-order valence-electron chi connectivity index (χ2n) is 5.75. The second kappa shape index (κ2) is 5.67. The lowest BCUT2D eigenvalue weighted by atomic mass is 9.99. The zero-order valence-electron chi connectivity index (χ0n) is 11.8. The minimum Gasteiger partial charge on any atom is -0.295 e. The van der Waals surface area contributed by atoms with E-state index in [1.54, 1.807) is 0 Å². The summed E-state index contributed by atoms with van der Waals surface area (Å²) >= 11 is 8.43. The van der Waals surface area contributed by atoms with Crippen molar-refractivity contribution < 1.29 is 0 Å². The van der Waals surface area contributed by atoms with Crippen LogP contribution in [0.2, 0.25) is 5.02 Å². The first-order chi connectivity index (χ1) is 10.3. The Balaban J connectivity index is 1.67. The van der Waals surface area contributed by atoms with E-state index >= 15 is 0 Å². The van der Waals surface area contributed by atoms with Crippen LogP contribution in [-0.4, -0.2) is 39.2 Å². The molecule has 0 aliphatic carbocycles. The summed E-state index contributed by atoms with van der Waals surface area (Å²) in [5.74, 6) is 2.57. The predicted molar refractivity (Wildman–Crippen MR) is 88.9 cm³/mol. The molecule has 4 rings (SSSR count). The van der Waals surface area contributed by atoms with Gasteiger partial charge in [0.15, 0.2) is 0 Å². The summed E-state index contributed by atoms with van der Waals surface area (Å²) in [7, 11) is 0. The van der Waals surface area contributed by atoms with E-state index in [1.165, 1.54) is 29.2 Å². The molecule has 1 atom stereocenters. The number of H-pyrrole nitrogens is 1. The first-order valence-corrected chi connectivity index (χ1v) is 8.99. The van der Waals surface area contributed by atoms with Gasteiger partial charge < -0.3 is 0 Å². The number of nitrogens with zero attached hydrogens (tertiary/aromatic N) is 2. The molecule has 1 saturated heterocycles. The first kappa shape index (κ1) is 13.7. The lowest BCUT2D eigenvalue weighted by Gasteiger charge is -2.32. The van der Waals surface area contributed by atoms with Gasteiger partial charge >= 0.3 is 0 Å². The van der Waals surface area contributed by atoms with Crippen LogP contribution in [0.5, 0.6) is 0 Å². The Morgan fingerprint density at radius 1 is 1.33 bits per heavy atom. The molecular formula is C16H18ClN3S. The summed E-state index contributed by atoms with van der Waals surface area (Å²) in [4.78, 5) is 2.62. The molecule has 3 heterocycles. The number of aromatic nitrogens is 2. The molecule has 0 saturated carbocycles. The van der Waals surface area contributed by atoms with Gasteiger partial charge in [-0.1, -0.05) is 29.8 Å². The minimum atomic E-state index is 0.733. The number of rotatable bonds is 2. The molecule has 0 spiro atoms. The maximum Gasteiger partial charge on any atom is 0.0983 e. The molecule has 0 radical (unpaired) electrons. The number of hydrogen-bond acceptors (Lipinski definition) is 3. The molecule has 2 aliphatic rings. The van der Waals surface area contributed by atoms with Crippen molar-refractivity contribution >= 4 is 23.4 Å². The van der Waals surface area contributed by atoms with Gasteiger partial charge in [0.25, 0.3) is 0 Å². The Bertz CT molecular complexity index is 649. The van der Waals surface area contributed by atoms with Gasteiger partial charge in [0.1, 0.15) is 0 Å². The molecular weight excluding hydrogens is 302 g/mol. The highest BCUT2D eigenvalue weighted by Crippen LogP contribution is 2.34. The molecule has 1 fully saturated rings. The molecule has 2 aliphatic heterocycles. The number of halogens is 1. The highest BCUT2D eigenvalue weighted by Gasteiger charge is 2.29. The smallest absolute Gasteiger partial charge is 0.0983 e. The maximum absolute atomic E-state index is 6.35. The Hall–Kier alpha value is -0.970. The highest BCUT2D eigenvalue weighted by atomic mass is 35.5. The van der Waals surface area contributed by atoms with Crippen molar-refractivity contribution in [3.8, 4) is 11.3 Å². The summed E-state index contributed by atoms with van der Waals surface area (Å²) in [6, 6.07) is 8.72. The third-order valence-electron chi connectivity index (χ3n) is 4.51. The summed E-state index contributed by atoms with van der Waals surface area (Å²) in [5.41, 5.74) is 4.70. The van der Waals surface area contributed by atoms with Crippen LogP contribution in [0.4, 0.5) is 0 Å². The van der Waals surface area contributed by atoms with E-state index in [1.807, 2.05) is 18.2 Å². The van der Waals surface area contributed by atoms with Crippen molar-refractivity contribution in [2.75, 3.05) is 18.1 Å². The van der Waals surface area contributed by atoms with Crippen LogP contribution in [0.3, 0.4) is 0 Å². The van der Waals surface area contributed by atoms with Gasteiger partial charge in [-0.2, -0.15) is 16.9 Å². The topological polar surface area (TPSA) is 31.9 Å². The number of hydrogen-bond donors (Lipinski definition) is 1. The SMILES string of the molecule is Clc1ccccc1-c1n[nH]c2c1CN(C1CCSC1)CC2. The van der Waals surface area contributed by atoms with E-state index in [0.29, 0.717) is 0 Å². The average Bonchev–Trinajstić information content (AvgIpc) is 3.17. The standard InChI is InChI=1S/C16H18ClN3S/c17-14-4-2-1-3-12(14)16-13-9-20(11-6-8-21-10-11)7-5-15(13)18-19-16/h1-4,11H,5-10H2,(H,18,19). The van der Waals surface area contributed by atoms with Crippen molar-refractivity contribution in [1.82, 2.24) is 15.1 Å². The Morgan fingerprint density at radius 2 is 2.24 bits per heavy atom. The Labute approximate surface area is 134 Å². The van der Waals surface area contributed by atoms with Crippen molar-refractivity contribution in [2.45, 2.75) is 25.4 Å². The Morgan fingerprint density at radius 3 is 3.05 bits per heavy atom. The van der Waals surface area contributed by atoms with E-state index in [4.69, 9.17) is 11.6 Å². The summed E-state index contributed by atoms with van der Waals surface area (Å²) in [5, 5.41) is 8.55. The molecule has 1 aromatic heterocycles. The zero-order chi connectivity index (χ0) is 14.2. The number of benzene rings is 1. The van der Waals surface area contributed by atoms with Crippen LogP contribution in [0.25, 0.3) is 11.3 Å². The molecule has 1 unspecified atom stereocenters. The van der Waals surface area contributed by atoms with E-state index in [2.05, 4.69) is 32.9 Å². The van der Waals surface area contributed by atoms with Crippen molar-refractivity contribution in [3.63, 3.8) is 0 Å². The molecule has 3 nitrogen and oxygen atoms in total. The predicted octanol–water partition coefficient (Wildman–Crippen LogP) is 3.59. The van der Waals surface area contributed by atoms with E-state index in [0.717, 1.165) is 41.8 Å². The van der Waals surface area contributed by atoms with Crippen LogP contribution in [0, 0.1) is 0 Å². The second-order valence-corrected chi connectivity index (χ2v) is 7.30. The van der Waals surface area contributed by atoms with Crippen LogP contribution >= 0.6 is 23.4 Å². The number of fused-ring (bicyclic) bond motifs is 1. The summed E-state index contributed by atoms with van der Waals surface area (Å²) < 4.78 is 0. The molecule has 110 valence electrons. The molecule has 2 aromatic rings. The van der Waals surface area contributed by atoms with Gasteiger partial charge in [-0.25, -0.2) is 0 Å². The third-order valence-corrected chi connectivity index (χ3v) is 5.99. The fourth-order valence-electron chi connectivity index (χ4n) is 3.31. The quantitative estimate of drug-likeness (QED) is 0.918. The molecule has 21 heavy (non-hydrogen) atoms. The minimum absolute atomic E-state index is 0.733. The van der Waals surface area contributed by atoms with Gasteiger partial charge in [-0.3, -0.25) is 10.00 Å². The summed E-state index contributed by atoms with van der Waals surface area (Å²) in [6.07, 6.45) is 2.38. The fourth-order valence-corrected chi connectivity index (χ4v) is 4.79. The number of thioether (sulfide) groups is 1. The molecule has 1 aromatic carbocycles. The van der Waals surface area contributed by atoms with E-state index in [-0.39, 0.29) is 0 Å². The molecule has 0 bridgehead atoms. The third kappa shape index (κ3) is 2.50. The average molecular weight is 320 g/mol. The summed E-state index contributed by atoms with van der Waals surface area (Å²) in [6.45, 7) is 2.14. The number of aromatic amines is 1. The number of nitrogens with one attached hydrogen (secondary N) is 1. The lowest BCUT2D eigenvalue weighted by Crippen LogP contribution is -2.39. The molecule has 0 amide bonds. The van der Waals surface area contributed by atoms with Crippen molar-refractivity contribution in [3.05, 3.63) is 40.5 Å². The monoisotopic (exact) mass is 319 g/mol. The Kier molecular flexibility index (Phi) is 3.69. The van der Waals surface area contributed by atoms with Crippen LogP contribution < -0.4 is 0 Å². The maximum atomic E-state index is 6.35. The first-order valence-electron chi connectivity index (χ1n) is 7.46. The van der Waals surface area contributed by atoms with Gasteiger partial charge in [-0.05, 0) is 18.2 Å². The van der Waals surface area contributed by atoms with Crippen LogP contribution in [0.1, 0.15) is 17.7 Å². The van der Waals surface area contributed by atoms with Crippen LogP contribution in [0.15, 0.2) is 24.3 Å². The molecule has 5 heteroatoms. The zero-order valence-corrected chi connectivity index (χ0v) is 13.4. The largest absolute Gasteiger partial charge is 0.295 e.